The first kappa shape index (κ1) is 5.68. The van der Waals surface area contributed by atoms with Crippen molar-refractivity contribution in [1.29, 1.82) is 0 Å². The Morgan fingerprint density at radius 3 is 3.10 bits per heavy atom. The van der Waals surface area contributed by atoms with Crippen LogP contribution in [0.3, 0.4) is 0 Å². The summed E-state index contributed by atoms with van der Waals surface area (Å²) in [6, 6.07) is 1.83. The SMILES string of the molecule is O=C1CNCc2[nH]ccc21. The summed E-state index contributed by atoms with van der Waals surface area (Å²) < 4.78 is 0. The van der Waals surface area contributed by atoms with Crippen molar-refractivity contribution in [2.75, 3.05) is 6.54 Å². The molecule has 1 aliphatic rings. The Balaban J connectivity index is 2.50. The van der Waals surface area contributed by atoms with E-state index in [9.17, 15) is 4.79 Å². The van der Waals surface area contributed by atoms with Gasteiger partial charge in [0.25, 0.3) is 0 Å². The molecule has 0 spiro atoms. The molecule has 0 amide bonds. The van der Waals surface area contributed by atoms with E-state index in [2.05, 4.69) is 10.3 Å². The molecule has 0 saturated carbocycles. The fourth-order valence-electron chi connectivity index (χ4n) is 1.21. The molecule has 52 valence electrons. The first-order chi connectivity index (χ1) is 4.88. The molecule has 0 saturated heterocycles. The molecule has 0 aliphatic carbocycles. The van der Waals surface area contributed by atoms with Gasteiger partial charge in [-0.05, 0) is 6.07 Å². The van der Waals surface area contributed by atoms with Crippen molar-refractivity contribution >= 4 is 5.78 Å². The summed E-state index contributed by atoms with van der Waals surface area (Å²) in [4.78, 5) is 14.1. The Hall–Kier alpha value is -1.09. The summed E-state index contributed by atoms with van der Waals surface area (Å²) in [5.74, 6) is 0.183. The van der Waals surface area contributed by atoms with Gasteiger partial charge in [0.05, 0.1) is 6.54 Å². The van der Waals surface area contributed by atoms with Gasteiger partial charge >= 0.3 is 0 Å². The number of carbonyl (C=O) groups is 1. The molecule has 1 aromatic heterocycles. The largest absolute Gasteiger partial charge is 0.363 e. The highest BCUT2D eigenvalue weighted by Crippen LogP contribution is 2.10. The van der Waals surface area contributed by atoms with Crippen molar-refractivity contribution in [3.63, 3.8) is 0 Å². The molecular formula is C7H8N2O. The lowest BCUT2D eigenvalue weighted by atomic mass is 10.1. The van der Waals surface area contributed by atoms with Crippen LogP contribution in [0.25, 0.3) is 0 Å². The number of hydrogen-bond donors (Lipinski definition) is 2. The third-order valence-corrected chi connectivity index (χ3v) is 1.72. The van der Waals surface area contributed by atoms with E-state index in [-0.39, 0.29) is 5.78 Å². The highest BCUT2D eigenvalue weighted by atomic mass is 16.1. The Morgan fingerprint density at radius 2 is 2.30 bits per heavy atom. The van der Waals surface area contributed by atoms with Gasteiger partial charge in [0.1, 0.15) is 0 Å². The summed E-state index contributed by atoms with van der Waals surface area (Å²) in [5.41, 5.74) is 1.86. The minimum atomic E-state index is 0.183. The zero-order chi connectivity index (χ0) is 6.97. The molecule has 0 unspecified atom stereocenters. The lowest BCUT2D eigenvalue weighted by Gasteiger charge is -2.10. The van der Waals surface area contributed by atoms with Gasteiger partial charge in [0, 0.05) is 24.0 Å². The van der Waals surface area contributed by atoms with Gasteiger partial charge in [-0.1, -0.05) is 0 Å². The number of rotatable bonds is 0. The van der Waals surface area contributed by atoms with Gasteiger partial charge in [-0.2, -0.15) is 0 Å². The van der Waals surface area contributed by atoms with E-state index >= 15 is 0 Å². The fraction of sp³-hybridized carbons (Fsp3) is 0.286. The second kappa shape index (κ2) is 1.95. The van der Waals surface area contributed by atoms with Crippen molar-refractivity contribution in [1.82, 2.24) is 10.3 Å². The molecule has 2 heterocycles. The number of Topliss-reactive ketones (excluding diaryl/α,β-unsaturated/α-hetero) is 1. The molecule has 2 N–H and O–H groups in total. The zero-order valence-corrected chi connectivity index (χ0v) is 5.48. The molecule has 0 atom stereocenters. The van der Waals surface area contributed by atoms with Crippen LogP contribution in [0, 0.1) is 0 Å². The van der Waals surface area contributed by atoms with E-state index in [1.54, 1.807) is 6.20 Å². The molecule has 3 nitrogen and oxygen atoms in total. The number of hydrogen-bond acceptors (Lipinski definition) is 2. The molecular weight excluding hydrogens is 128 g/mol. The number of fused-ring (bicyclic) bond motifs is 1. The maximum atomic E-state index is 11.1. The normalized spacial score (nSPS) is 17.0. The molecule has 1 aliphatic heterocycles. The van der Waals surface area contributed by atoms with Gasteiger partial charge < -0.3 is 10.3 Å². The van der Waals surface area contributed by atoms with Crippen molar-refractivity contribution in [3.8, 4) is 0 Å². The third kappa shape index (κ3) is 0.675. The standard InChI is InChI=1S/C7H8N2O/c10-7-4-8-3-6-5(7)1-2-9-6/h1-2,8-9H,3-4H2. The zero-order valence-electron chi connectivity index (χ0n) is 5.48. The Kier molecular flexibility index (Phi) is 1.11. The Labute approximate surface area is 58.4 Å². The Morgan fingerprint density at radius 1 is 1.40 bits per heavy atom. The van der Waals surface area contributed by atoms with Crippen LogP contribution in [-0.2, 0) is 6.54 Å². The van der Waals surface area contributed by atoms with Crippen LogP contribution in [-0.4, -0.2) is 17.3 Å². The van der Waals surface area contributed by atoms with Crippen molar-refractivity contribution < 1.29 is 4.79 Å². The van der Waals surface area contributed by atoms with Crippen LogP contribution in [0.15, 0.2) is 12.3 Å². The van der Waals surface area contributed by atoms with Crippen molar-refractivity contribution in [3.05, 3.63) is 23.5 Å². The maximum Gasteiger partial charge on any atom is 0.178 e. The predicted molar refractivity (Wildman–Crippen MR) is 36.8 cm³/mol. The molecule has 0 bridgehead atoms. The molecule has 10 heavy (non-hydrogen) atoms. The summed E-state index contributed by atoms with van der Waals surface area (Å²) >= 11 is 0. The first-order valence-electron chi connectivity index (χ1n) is 3.28. The Bertz CT molecular complexity index is 264. The number of nitrogens with one attached hydrogen (secondary N) is 2. The molecule has 3 heteroatoms. The smallest absolute Gasteiger partial charge is 0.178 e. The highest BCUT2D eigenvalue weighted by molar-refractivity contribution is 5.99. The maximum absolute atomic E-state index is 11.1. The first-order valence-corrected chi connectivity index (χ1v) is 3.28. The van der Waals surface area contributed by atoms with Gasteiger partial charge in [-0.3, -0.25) is 4.79 Å². The fourth-order valence-corrected chi connectivity index (χ4v) is 1.21. The summed E-state index contributed by atoms with van der Waals surface area (Å²) in [5, 5.41) is 3.00. The summed E-state index contributed by atoms with van der Waals surface area (Å²) in [6.45, 7) is 1.26. The van der Waals surface area contributed by atoms with Crippen LogP contribution in [0.5, 0.6) is 0 Å². The lowest BCUT2D eigenvalue weighted by molar-refractivity contribution is 0.0982. The van der Waals surface area contributed by atoms with Crippen molar-refractivity contribution in [2.24, 2.45) is 0 Å². The van der Waals surface area contributed by atoms with Crippen LogP contribution in [0.4, 0.5) is 0 Å². The molecule has 0 aromatic carbocycles. The van der Waals surface area contributed by atoms with E-state index in [0.29, 0.717) is 6.54 Å². The van der Waals surface area contributed by atoms with E-state index in [1.165, 1.54) is 0 Å². The van der Waals surface area contributed by atoms with E-state index < -0.39 is 0 Å². The van der Waals surface area contributed by atoms with E-state index in [1.807, 2.05) is 6.07 Å². The predicted octanol–water partition coefficient (Wildman–Crippen LogP) is 0.301. The van der Waals surface area contributed by atoms with Gasteiger partial charge in [0.2, 0.25) is 0 Å². The lowest BCUT2D eigenvalue weighted by Crippen LogP contribution is -2.28. The topological polar surface area (TPSA) is 44.9 Å². The number of carbonyl (C=O) groups excluding carboxylic acids is 1. The summed E-state index contributed by atoms with van der Waals surface area (Å²) in [6.07, 6.45) is 1.80. The number of aromatic amines is 1. The summed E-state index contributed by atoms with van der Waals surface area (Å²) in [7, 11) is 0. The average Bonchev–Trinajstić information content (AvgIpc) is 2.36. The monoisotopic (exact) mass is 136 g/mol. The average molecular weight is 136 g/mol. The quantitative estimate of drug-likeness (QED) is 0.538. The number of H-pyrrole nitrogens is 1. The van der Waals surface area contributed by atoms with Gasteiger partial charge in [0.15, 0.2) is 5.78 Å². The molecule has 1 aromatic rings. The van der Waals surface area contributed by atoms with Crippen LogP contribution >= 0.6 is 0 Å². The van der Waals surface area contributed by atoms with Gasteiger partial charge in [-0.15, -0.1) is 0 Å². The van der Waals surface area contributed by atoms with Crippen LogP contribution < -0.4 is 5.32 Å². The molecule has 0 radical (unpaired) electrons. The van der Waals surface area contributed by atoms with Crippen LogP contribution in [0.2, 0.25) is 0 Å². The number of ketones is 1. The van der Waals surface area contributed by atoms with E-state index in [0.717, 1.165) is 17.8 Å². The molecule has 2 rings (SSSR count). The molecule has 0 fully saturated rings. The number of aromatic nitrogens is 1. The van der Waals surface area contributed by atoms with Gasteiger partial charge in [-0.25, -0.2) is 0 Å². The minimum absolute atomic E-state index is 0.183. The second-order valence-electron chi connectivity index (χ2n) is 2.40. The third-order valence-electron chi connectivity index (χ3n) is 1.72. The minimum Gasteiger partial charge on any atom is -0.363 e. The van der Waals surface area contributed by atoms with Crippen molar-refractivity contribution in [2.45, 2.75) is 6.54 Å². The van der Waals surface area contributed by atoms with Crippen LogP contribution in [0.1, 0.15) is 16.1 Å². The highest BCUT2D eigenvalue weighted by Gasteiger charge is 2.16. The second-order valence-corrected chi connectivity index (χ2v) is 2.40. The van der Waals surface area contributed by atoms with E-state index in [4.69, 9.17) is 0 Å².